The van der Waals surface area contributed by atoms with E-state index < -0.39 is 20.0 Å². The number of piperidine rings is 1. The van der Waals surface area contributed by atoms with E-state index in [-0.39, 0.29) is 29.8 Å². The standard InChI is InChI=1S/C21H27N3O5S2/c1-16-7-9-20(10-8-16)31(28,29)24-13-11-17(12-14-24)21(25)22-18-5-4-6-19(15-18)23(2)30(3,26)27/h4-10,15,17H,11-14H2,1-3H3,(H,22,25). The van der Waals surface area contributed by atoms with Crippen LogP contribution in [0.2, 0.25) is 0 Å². The zero-order valence-corrected chi connectivity index (χ0v) is 19.4. The second-order valence-corrected chi connectivity index (χ2v) is 11.7. The molecule has 1 aliphatic rings. The Morgan fingerprint density at radius 3 is 2.23 bits per heavy atom. The van der Waals surface area contributed by atoms with Crippen LogP contribution < -0.4 is 9.62 Å². The molecule has 2 aromatic rings. The van der Waals surface area contributed by atoms with Gasteiger partial charge in [0, 0.05) is 31.7 Å². The van der Waals surface area contributed by atoms with Crippen molar-refractivity contribution in [3.63, 3.8) is 0 Å². The molecular formula is C21H27N3O5S2. The van der Waals surface area contributed by atoms with Gasteiger partial charge < -0.3 is 5.32 Å². The number of amides is 1. The summed E-state index contributed by atoms with van der Waals surface area (Å²) in [5.41, 5.74) is 1.92. The van der Waals surface area contributed by atoms with Gasteiger partial charge in [0.2, 0.25) is 26.0 Å². The number of sulfonamides is 2. The molecule has 1 amide bonds. The molecule has 1 N–H and O–H groups in total. The lowest BCUT2D eigenvalue weighted by Crippen LogP contribution is -2.41. The minimum Gasteiger partial charge on any atom is -0.326 e. The molecule has 0 aromatic heterocycles. The number of benzene rings is 2. The number of nitrogens with zero attached hydrogens (tertiary/aromatic N) is 2. The number of carbonyl (C=O) groups is 1. The Balaban J connectivity index is 1.63. The molecule has 1 fully saturated rings. The van der Waals surface area contributed by atoms with Gasteiger partial charge >= 0.3 is 0 Å². The van der Waals surface area contributed by atoms with Crippen LogP contribution in [0, 0.1) is 12.8 Å². The van der Waals surface area contributed by atoms with Crippen LogP contribution in [0.25, 0.3) is 0 Å². The van der Waals surface area contributed by atoms with Crippen LogP contribution in [-0.4, -0.2) is 53.4 Å². The van der Waals surface area contributed by atoms with Crippen LogP contribution in [0.15, 0.2) is 53.4 Å². The first-order chi connectivity index (χ1) is 14.5. The van der Waals surface area contributed by atoms with E-state index in [0.29, 0.717) is 24.2 Å². The molecule has 1 saturated heterocycles. The van der Waals surface area contributed by atoms with Gasteiger partial charge in [0.15, 0.2) is 0 Å². The molecule has 0 radical (unpaired) electrons. The molecule has 0 saturated carbocycles. The highest BCUT2D eigenvalue weighted by Crippen LogP contribution is 2.26. The van der Waals surface area contributed by atoms with Crippen molar-refractivity contribution >= 4 is 37.3 Å². The lowest BCUT2D eigenvalue weighted by molar-refractivity contribution is -0.120. The van der Waals surface area contributed by atoms with Gasteiger partial charge in [-0.15, -0.1) is 0 Å². The maximum absolute atomic E-state index is 12.8. The van der Waals surface area contributed by atoms with Crippen LogP contribution >= 0.6 is 0 Å². The van der Waals surface area contributed by atoms with Crippen molar-refractivity contribution in [1.29, 1.82) is 0 Å². The largest absolute Gasteiger partial charge is 0.326 e. The molecule has 2 aromatic carbocycles. The Morgan fingerprint density at radius 2 is 1.65 bits per heavy atom. The lowest BCUT2D eigenvalue weighted by Gasteiger charge is -2.30. The van der Waals surface area contributed by atoms with Crippen molar-refractivity contribution in [3.05, 3.63) is 54.1 Å². The fraction of sp³-hybridized carbons (Fsp3) is 0.381. The minimum atomic E-state index is -3.58. The highest BCUT2D eigenvalue weighted by atomic mass is 32.2. The SMILES string of the molecule is Cc1ccc(S(=O)(=O)N2CCC(C(=O)Nc3cccc(N(C)S(C)(=O)=O)c3)CC2)cc1. The van der Waals surface area contributed by atoms with E-state index in [9.17, 15) is 21.6 Å². The van der Waals surface area contributed by atoms with Gasteiger partial charge in [-0.3, -0.25) is 9.10 Å². The first-order valence-corrected chi connectivity index (χ1v) is 13.2. The Morgan fingerprint density at radius 1 is 1.03 bits per heavy atom. The number of hydrogen-bond acceptors (Lipinski definition) is 5. The Bertz CT molecular complexity index is 1150. The van der Waals surface area contributed by atoms with Gasteiger partial charge in [-0.2, -0.15) is 4.31 Å². The van der Waals surface area contributed by atoms with E-state index >= 15 is 0 Å². The summed E-state index contributed by atoms with van der Waals surface area (Å²) in [6.07, 6.45) is 1.94. The number of nitrogens with one attached hydrogen (secondary N) is 1. The second kappa shape index (κ2) is 8.97. The van der Waals surface area contributed by atoms with E-state index in [1.807, 2.05) is 6.92 Å². The predicted octanol–water partition coefficient (Wildman–Crippen LogP) is 2.43. The Hall–Kier alpha value is -2.43. The van der Waals surface area contributed by atoms with E-state index in [1.165, 1.54) is 11.4 Å². The second-order valence-electron chi connectivity index (χ2n) is 7.76. The normalized spacial score (nSPS) is 16.1. The lowest BCUT2D eigenvalue weighted by atomic mass is 9.97. The molecule has 1 heterocycles. The van der Waals surface area contributed by atoms with Crippen molar-refractivity contribution in [2.24, 2.45) is 5.92 Å². The van der Waals surface area contributed by atoms with E-state index in [2.05, 4.69) is 5.32 Å². The summed E-state index contributed by atoms with van der Waals surface area (Å²) in [5.74, 6) is -0.521. The molecule has 0 atom stereocenters. The Kier molecular flexibility index (Phi) is 6.73. The highest BCUT2D eigenvalue weighted by molar-refractivity contribution is 7.92. The topological polar surface area (TPSA) is 104 Å². The summed E-state index contributed by atoms with van der Waals surface area (Å²) in [6, 6.07) is 13.3. The van der Waals surface area contributed by atoms with E-state index in [4.69, 9.17) is 0 Å². The Labute approximate surface area is 184 Å². The molecular weight excluding hydrogens is 438 g/mol. The molecule has 31 heavy (non-hydrogen) atoms. The van der Waals surface area contributed by atoms with Crippen molar-refractivity contribution in [2.45, 2.75) is 24.7 Å². The average Bonchev–Trinajstić information content (AvgIpc) is 2.73. The number of rotatable bonds is 6. The van der Waals surface area contributed by atoms with Gasteiger partial charge in [0.1, 0.15) is 0 Å². The van der Waals surface area contributed by atoms with Crippen molar-refractivity contribution in [2.75, 3.05) is 36.0 Å². The van der Waals surface area contributed by atoms with Gasteiger partial charge in [0.05, 0.1) is 16.8 Å². The maximum Gasteiger partial charge on any atom is 0.243 e. The number of carbonyl (C=O) groups excluding carboxylic acids is 1. The number of anilines is 2. The number of aryl methyl sites for hydroxylation is 1. The molecule has 0 aliphatic carbocycles. The average molecular weight is 466 g/mol. The van der Waals surface area contributed by atoms with Crippen LogP contribution in [0.4, 0.5) is 11.4 Å². The summed E-state index contributed by atoms with van der Waals surface area (Å²) in [4.78, 5) is 13.0. The molecule has 8 nitrogen and oxygen atoms in total. The maximum atomic E-state index is 12.8. The molecule has 1 aliphatic heterocycles. The molecule has 168 valence electrons. The fourth-order valence-corrected chi connectivity index (χ4v) is 5.40. The number of hydrogen-bond donors (Lipinski definition) is 1. The summed E-state index contributed by atoms with van der Waals surface area (Å²) >= 11 is 0. The molecule has 10 heteroatoms. The molecule has 0 bridgehead atoms. The van der Waals surface area contributed by atoms with E-state index in [1.54, 1.807) is 48.5 Å². The highest BCUT2D eigenvalue weighted by Gasteiger charge is 2.32. The molecule has 0 unspecified atom stereocenters. The van der Waals surface area contributed by atoms with E-state index in [0.717, 1.165) is 16.1 Å². The van der Waals surface area contributed by atoms with Crippen molar-refractivity contribution in [1.82, 2.24) is 4.31 Å². The summed E-state index contributed by atoms with van der Waals surface area (Å²) < 4.78 is 51.7. The third-order valence-electron chi connectivity index (χ3n) is 5.46. The smallest absolute Gasteiger partial charge is 0.243 e. The summed E-state index contributed by atoms with van der Waals surface area (Å²) in [7, 11) is -5.54. The van der Waals surface area contributed by atoms with Crippen LogP contribution in [0.1, 0.15) is 18.4 Å². The minimum absolute atomic E-state index is 0.202. The van der Waals surface area contributed by atoms with Gasteiger partial charge in [0.25, 0.3) is 0 Å². The van der Waals surface area contributed by atoms with Gasteiger partial charge in [-0.1, -0.05) is 23.8 Å². The fourth-order valence-electron chi connectivity index (χ4n) is 3.43. The first kappa shape index (κ1) is 23.2. The summed E-state index contributed by atoms with van der Waals surface area (Å²) in [6.45, 7) is 2.44. The van der Waals surface area contributed by atoms with Crippen molar-refractivity contribution in [3.8, 4) is 0 Å². The van der Waals surface area contributed by atoms with Gasteiger partial charge in [-0.05, 0) is 50.1 Å². The molecule has 3 rings (SSSR count). The zero-order chi connectivity index (χ0) is 22.8. The first-order valence-electron chi connectivity index (χ1n) is 9.90. The van der Waals surface area contributed by atoms with Crippen LogP contribution in [0.3, 0.4) is 0 Å². The van der Waals surface area contributed by atoms with Crippen LogP contribution in [0.5, 0.6) is 0 Å². The van der Waals surface area contributed by atoms with Crippen molar-refractivity contribution < 1.29 is 21.6 Å². The quantitative estimate of drug-likeness (QED) is 0.706. The summed E-state index contributed by atoms with van der Waals surface area (Å²) in [5, 5.41) is 2.82. The zero-order valence-electron chi connectivity index (χ0n) is 17.8. The molecule has 0 spiro atoms. The van der Waals surface area contributed by atoms with Gasteiger partial charge in [-0.25, -0.2) is 16.8 Å². The van der Waals surface area contributed by atoms with Crippen LogP contribution in [-0.2, 0) is 24.8 Å². The third-order valence-corrected chi connectivity index (χ3v) is 8.58. The third kappa shape index (κ3) is 5.44. The predicted molar refractivity (Wildman–Crippen MR) is 121 cm³/mol. The monoisotopic (exact) mass is 465 g/mol.